The first-order valence-electron chi connectivity index (χ1n) is 15.3. The van der Waals surface area contributed by atoms with Crippen molar-refractivity contribution in [2.45, 2.75) is 6.92 Å². The van der Waals surface area contributed by atoms with Crippen LogP contribution < -0.4 is 5.32 Å². The normalized spacial score (nSPS) is 11.6. The molecule has 0 amide bonds. The van der Waals surface area contributed by atoms with Crippen molar-refractivity contribution in [2.75, 3.05) is 5.32 Å². The van der Waals surface area contributed by atoms with Crippen molar-refractivity contribution in [3.05, 3.63) is 152 Å². The molecule has 0 spiro atoms. The molecule has 9 rings (SSSR count). The quantitative estimate of drug-likeness (QED) is 0.216. The first-order chi connectivity index (χ1) is 22.7. The number of nitrogens with zero attached hydrogens (tertiary/aromatic N) is 5. The van der Waals surface area contributed by atoms with Crippen molar-refractivity contribution in [3.8, 4) is 22.5 Å². The highest BCUT2D eigenvalue weighted by Gasteiger charge is 2.17. The Bertz CT molecular complexity index is 2350. The fourth-order valence-corrected chi connectivity index (χ4v) is 6.84. The number of aromatic nitrogens is 5. The van der Waals surface area contributed by atoms with E-state index in [9.17, 15) is 0 Å². The molecule has 0 aliphatic carbocycles. The van der Waals surface area contributed by atoms with Gasteiger partial charge in [-0.05, 0) is 67.1 Å². The van der Waals surface area contributed by atoms with Gasteiger partial charge in [-0.25, -0.2) is 0 Å². The summed E-state index contributed by atoms with van der Waals surface area (Å²) in [5.74, 6) is 0. The third-order valence-electron chi connectivity index (χ3n) is 8.90. The maximum absolute atomic E-state index is 4.47. The number of rotatable bonds is 5. The molecular weight excluding hydrogens is 564 g/mol. The van der Waals surface area contributed by atoms with Crippen molar-refractivity contribution < 1.29 is 0 Å². The molecule has 5 aromatic heterocycles. The van der Waals surface area contributed by atoms with E-state index in [0.717, 1.165) is 66.7 Å². The molecule has 6 heteroatoms. The molecule has 0 bridgehead atoms. The highest BCUT2D eigenvalue weighted by molar-refractivity contribution is 6.10. The SMILES string of the molecule is Cc1ccncc1-c1ccccc1Nc1cc(-n2c3ccccc3c3cnccc32)cc(-n2c3ccccc3c3cnccc32)c1. The minimum atomic E-state index is 0.974. The first kappa shape index (κ1) is 26.2. The summed E-state index contributed by atoms with van der Waals surface area (Å²) in [7, 11) is 0. The van der Waals surface area contributed by atoms with E-state index < -0.39 is 0 Å². The van der Waals surface area contributed by atoms with Crippen molar-refractivity contribution in [1.82, 2.24) is 24.1 Å². The van der Waals surface area contributed by atoms with Gasteiger partial charge in [0.2, 0.25) is 0 Å². The van der Waals surface area contributed by atoms with Crippen LogP contribution in [0.5, 0.6) is 0 Å². The highest BCUT2D eigenvalue weighted by atomic mass is 15.0. The average Bonchev–Trinajstić information content (AvgIpc) is 3.62. The van der Waals surface area contributed by atoms with Crippen molar-refractivity contribution >= 4 is 55.0 Å². The lowest BCUT2D eigenvalue weighted by molar-refractivity contribution is 1.13. The van der Waals surface area contributed by atoms with E-state index in [-0.39, 0.29) is 0 Å². The van der Waals surface area contributed by atoms with Crippen molar-refractivity contribution in [3.63, 3.8) is 0 Å². The van der Waals surface area contributed by atoms with Crippen LogP contribution in [0, 0.1) is 6.92 Å². The number of benzene rings is 4. The van der Waals surface area contributed by atoms with E-state index in [0.29, 0.717) is 0 Å². The van der Waals surface area contributed by atoms with Crippen LogP contribution in [0.2, 0.25) is 0 Å². The van der Waals surface area contributed by atoms with Gasteiger partial charge in [0.05, 0.1) is 33.4 Å². The molecule has 0 aliphatic heterocycles. The van der Waals surface area contributed by atoms with Crippen LogP contribution in [0.4, 0.5) is 11.4 Å². The van der Waals surface area contributed by atoms with Gasteiger partial charge in [-0.1, -0.05) is 54.6 Å². The van der Waals surface area contributed by atoms with Gasteiger partial charge < -0.3 is 14.5 Å². The molecule has 0 aliphatic rings. The van der Waals surface area contributed by atoms with E-state index in [1.807, 2.05) is 37.2 Å². The molecule has 0 saturated heterocycles. The maximum Gasteiger partial charge on any atom is 0.0571 e. The van der Waals surface area contributed by atoms with E-state index >= 15 is 0 Å². The molecule has 6 nitrogen and oxygen atoms in total. The topological polar surface area (TPSA) is 60.6 Å². The highest BCUT2D eigenvalue weighted by Crippen LogP contribution is 2.38. The van der Waals surface area contributed by atoms with Crippen LogP contribution in [0.15, 0.2) is 146 Å². The second-order valence-electron chi connectivity index (χ2n) is 11.6. The summed E-state index contributed by atoms with van der Waals surface area (Å²) in [4.78, 5) is 13.4. The second-order valence-corrected chi connectivity index (χ2v) is 11.6. The summed E-state index contributed by atoms with van der Waals surface area (Å²) in [6.07, 6.45) is 11.4. The van der Waals surface area contributed by atoms with Gasteiger partial charge >= 0.3 is 0 Å². The minimum absolute atomic E-state index is 0.974. The summed E-state index contributed by atoms with van der Waals surface area (Å²) in [5.41, 5.74) is 11.9. The summed E-state index contributed by atoms with van der Waals surface area (Å²) in [6, 6.07) is 38.5. The molecular formula is C40H28N6. The van der Waals surface area contributed by atoms with Gasteiger partial charge in [0.15, 0.2) is 0 Å². The van der Waals surface area contributed by atoms with E-state index in [1.165, 1.54) is 16.3 Å². The lowest BCUT2D eigenvalue weighted by Gasteiger charge is -2.18. The number of pyridine rings is 3. The predicted molar refractivity (Wildman–Crippen MR) is 188 cm³/mol. The molecule has 0 radical (unpaired) electrons. The van der Waals surface area contributed by atoms with Crippen LogP contribution in [0.25, 0.3) is 66.1 Å². The first-order valence-corrected chi connectivity index (χ1v) is 15.3. The molecule has 0 fully saturated rings. The number of hydrogen-bond acceptors (Lipinski definition) is 4. The van der Waals surface area contributed by atoms with Crippen LogP contribution >= 0.6 is 0 Å². The van der Waals surface area contributed by atoms with Crippen LogP contribution in [0.1, 0.15) is 5.56 Å². The Morgan fingerprint density at radius 2 is 1.00 bits per heavy atom. The van der Waals surface area contributed by atoms with Gasteiger partial charge in [0.25, 0.3) is 0 Å². The zero-order valence-electron chi connectivity index (χ0n) is 25.1. The Morgan fingerprint density at radius 3 is 1.63 bits per heavy atom. The lowest BCUT2D eigenvalue weighted by Crippen LogP contribution is -2.02. The number of hydrogen-bond donors (Lipinski definition) is 1. The summed E-state index contributed by atoms with van der Waals surface area (Å²) in [5, 5.41) is 8.41. The zero-order chi connectivity index (χ0) is 30.6. The van der Waals surface area contributed by atoms with E-state index in [1.54, 1.807) is 0 Å². The zero-order valence-corrected chi connectivity index (χ0v) is 25.1. The Morgan fingerprint density at radius 1 is 0.478 bits per heavy atom. The van der Waals surface area contributed by atoms with Gasteiger partial charge in [-0.15, -0.1) is 0 Å². The molecule has 46 heavy (non-hydrogen) atoms. The standard InChI is InChI=1S/C40H28N6/c1-26-14-17-41-23-33(26)30-8-2-5-11-36(30)44-27-20-28(45-37-12-6-3-9-31(37)34-24-42-18-15-39(34)45)22-29(21-27)46-38-13-7-4-10-32(38)35-25-43-19-16-40(35)46/h2-25,44H,1H3. The van der Waals surface area contributed by atoms with Crippen LogP contribution in [-0.2, 0) is 0 Å². The number of nitrogens with one attached hydrogen (secondary N) is 1. The maximum atomic E-state index is 4.47. The largest absolute Gasteiger partial charge is 0.355 e. The Balaban J connectivity index is 1.33. The molecule has 1 N–H and O–H groups in total. The lowest BCUT2D eigenvalue weighted by atomic mass is 10.0. The Labute approximate surface area is 265 Å². The Kier molecular flexibility index (Phi) is 5.93. The summed E-state index contributed by atoms with van der Waals surface area (Å²) >= 11 is 0. The number of fused-ring (bicyclic) bond motifs is 6. The van der Waals surface area contributed by atoms with Crippen molar-refractivity contribution in [2.24, 2.45) is 0 Å². The molecule has 5 heterocycles. The fraction of sp³-hybridized carbons (Fsp3) is 0.0250. The molecule has 9 aromatic rings. The number of aryl methyl sites for hydroxylation is 1. The van der Waals surface area contributed by atoms with Gasteiger partial charge in [0, 0.05) is 81.2 Å². The van der Waals surface area contributed by atoms with Gasteiger partial charge in [0.1, 0.15) is 0 Å². The second kappa shape index (κ2) is 10.4. The number of para-hydroxylation sites is 3. The van der Waals surface area contributed by atoms with Crippen molar-refractivity contribution in [1.29, 1.82) is 0 Å². The third kappa shape index (κ3) is 4.08. The molecule has 0 saturated carbocycles. The predicted octanol–water partition coefficient (Wildman–Crippen LogP) is 9.78. The average molecular weight is 593 g/mol. The van der Waals surface area contributed by atoms with E-state index in [4.69, 9.17) is 0 Å². The molecule has 0 atom stereocenters. The summed E-state index contributed by atoms with van der Waals surface area (Å²) < 4.78 is 4.68. The molecule has 4 aromatic carbocycles. The monoisotopic (exact) mass is 592 g/mol. The van der Waals surface area contributed by atoms with Crippen LogP contribution in [0.3, 0.4) is 0 Å². The van der Waals surface area contributed by atoms with Gasteiger partial charge in [-0.2, -0.15) is 0 Å². The molecule has 218 valence electrons. The third-order valence-corrected chi connectivity index (χ3v) is 8.90. The minimum Gasteiger partial charge on any atom is -0.355 e. The number of anilines is 2. The fourth-order valence-electron chi connectivity index (χ4n) is 6.84. The summed E-state index contributed by atoms with van der Waals surface area (Å²) in [6.45, 7) is 2.13. The molecule has 0 unspecified atom stereocenters. The van der Waals surface area contributed by atoms with Crippen LogP contribution in [-0.4, -0.2) is 24.1 Å². The Hall–Kier alpha value is -6.27. The smallest absolute Gasteiger partial charge is 0.0571 e. The van der Waals surface area contributed by atoms with E-state index in [2.05, 4.69) is 146 Å². The van der Waals surface area contributed by atoms with Gasteiger partial charge in [-0.3, -0.25) is 15.0 Å².